The maximum absolute atomic E-state index is 15.6. The van der Waals surface area contributed by atoms with E-state index in [1.54, 1.807) is 20.8 Å². The van der Waals surface area contributed by atoms with Gasteiger partial charge >= 0.3 is 17.8 Å². The number of halogens is 1. The van der Waals surface area contributed by atoms with Gasteiger partial charge < -0.3 is 24.6 Å². The van der Waals surface area contributed by atoms with Crippen molar-refractivity contribution in [2.45, 2.75) is 83.7 Å². The van der Waals surface area contributed by atoms with Crippen LogP contribution in [0.4, 0.5) is 9.18 Å². The molecule has 1 amide bonds. The van der Waals surface area contributed by atoms with Crippen molar-refractivity contribution in [3.63, 3.8) is 0 Å². The van der Waals surface area contributed by atoms with E-state index in [4.69, 9.17) is 14.2 Å². The second-order valence-electron chi connectivity index (χ2n) is 9.18. The van der Waals surface area contributed by atoms with Crippen LogP contribution in [0.1, 0.15) is 53.3 Å². The number of hydrogen-bond acceptors (Lipinski definition) is 8. The number of aryl methyl sites for hydroxylation is 1. The van der Waals surface area contributed by atoms with Gasteiger partial charge in [-0.25, -0.2) is 18.8 Å². The van der Waals surface area contributed by atoms with Crippen LogP contribution >= 0.6 is 0 Å². The maximum atomic E-state index is 15.6. The second-order valence-corrected chi connectivity index (χ2v) is 9.18. The molecule has 1 aliphatic rings. The summed E-state index contributed by atoms with van der Waals surface area (Å²) in [6.07, 6.45) is -2.64. The summed E-state index contributed by atoms with van der Waals surface area (Å²) in [5, 5.41) is 13.1. The van der Waals surface area contributed by atoms with Crippen molar-refractivity contribution in [2.24, 2.45) is 0 Å². The van der Waals surface area contributed by atoms with Gasteiger partial charge in [0.05, 0.1) is 0 Å². The Kier molecular flexibility index (Phi) is 6.91. The third-order valence-corrected chi connectivity index (χ3v) is 5.24. The molecule has 11 nitrogen and oxygen atoms in total. The van der Waals surface area contributed by atoms with Crippen LogP contribution in [-0.4, -0.2) is 62.3 Å². The van der Waals surface area contributed by atoms with Crippen LogP contribution in [0.2, 0.25) is 0 Å². The second kappa shape index (κ2) is 8.66. The number of amides is 1. The predicted molar refractivity (Wildman–Crippen MR) is 110 cm³/mol. The molecule has 1 saturated heterocycles. The molecular weight excluding hydrogens is 429 g/mol. The molecule has 5 atom stereocenters. The number of rotatable bonds is 5. The molecule has 0 spiro atoms. The lowest BCUT2D eigenvalue weighted by molar-refractivity contribution is -0.155. The number of carbonyl (C=O) groups excluding carboxylic acids is 2. The summed E-state index contributed by atoms with van der Waals surface area (Å²) in [6, 6.07) is -1.09. The van der Waals surface area contributed by atoms with Crippen molar-refractivity contribution in [3.8, 4) is 0 Å². The van der Waals surface area contributed by atoms with E-state index in [1.165, 1.54) is 13.8 Å². The van der Waals surface area contributed by atoms with E-state index >= 15 is 4.39 Å². The number of carbonyl (C=O) groups is 2. The maximum Gasteiger partial charge on any atom is 0.408 e. The van der Waals surface area contributed by atoms with Gasteiger partial charge in [0.15, 0.2) is 11.9 Å². The Hall–Kier alpha value is -2.73. The molecule has 32 heavy (non-hydrogen) atoms. The molecule has 180 valence electrons. The van der Waals surface area contributed by atoms with Gasteiger partial charge in [-0.15, -0.1) is 0 Å². The molecule has 1 fully saturated rings. The van der Waals surface area contributed by atoms with Gasteiger partial charge in [-0.05, 0) is 48.5 Å². The number of hydrogen-bond donors (Lipinski definition) is 3. The highest BCUT2D eigenvalue weighted by atomic mass is 19.1. The molecule has 1 aromatic rings. The zero-order valence-electron chi connectivity index (χ0n) is 19.1. The number of esters is 1. The highest BCUT2D eigenvalue weighted by molar-refractivity contribution is 5.81. The lowest BCUT2D eigenvalue weighted by Crippen LogP contribution is -2.53. The Labute approximate surface area is 183 Å². The average molecular weight is 459 g/mol. The molecule has 0 bridgehead atoms. The molecule has 1 aliphatic heterocycles. The number of aromatic amines is 1. The summed E-state index contributed by atoms with van der Waals surface area (Å²) in [4.78, 5) is 49.9. The minimum atomic E-state index is -2.49. The molecular formula is C20H30FN3O8. The molecule has 12 heteroatoms. The van der Waals surface area contributed by atoms with Crippen LogP contribution in [0.15, 0.2) is 15.8 Å². The molecule has 2 rings (SSSR count). The van der Waals surface area contributed by atoms with E-state index in [9.17, 15) is 24.3 Å². The highest BCUT2D eigenvalue weighted by Gasteiger charge is 2.63. The Morgan fingerprint density at radius 2 is 1.97 bits per heavy atom. The first-order chi connectivity index (χ1) is 14.5. The van der Waals surface area contributed by atoms with Crippen LogP contribution in [0.5, 0.6) is 0 Å². The monoisotopic (exact) mass is 459 g/mol. The SMILES string of the molecule is Cc1cn([C@@H]2O[C@H](COC(=O)C(C)NC(=O)OC(C)(C)C)[C@@](C)(O)[C@@]2(C)F)c(=O)[nH]c1=O. The zero-order valence-corrected chi connectivity index (χ0v) is 19.1. The van der Waals surface area contributed by atoms with Crippen LogP contribution in [0, 0.1) is 6.92 Å². The third-order valence-electron chi connectivity index (χ3n) is 5.24. The fourth-order valence-corrected chi connectivity index (χ4v) is 3.10. The van der Waals surface area contributed by atoms with E-state index in [1.807, 2.05) is 4.98 Å². The van der Waals surface area contributed by atoms with Gasteiger partial charge in [0.1, 0.15) is 30.0 Å². The van der Waals surface area contributed by atoms with E-state index in [0.29, 0.717) is 0 Å². The largest absolute Gasteiger partial charge is 0.461 e. The molecule has 1 aromatic heterocycles. The summed E-state index contributed by atoms with van der Waals surface area (Å²) in [5.41, 5.74) is -6.82. The minimum Gasteiger partial charge on any atom is -0.461 e. The Morgan fingerprint density at radius 3 is 2.53 bits per heavy atom. The van der Waals surface area contributed by atoms with E-state index in [-0.39, 0.29) is 5.56 Å². The van der Waals surface area contributed by atoms with E-state index in [2.05, 4.69) is 5.32 Å². The van der Waals surface area contributed by atoms with Crippen LogP contribution in [0.3, 0.4) is 0 Å². The molecule has 1 unspecified atom stereocenters. The first-order valence-electron chi connectivity index (χ1n) is 10.0. The summed E-state index contributed by atoms with van der Waals surface area (Å²) in [7, 11) is 0. The Bertz CT molecular complexity index is 992. The number of alkyl carbamates (subject to hydrolysis) is 1. The smallest absolute Gasteiger partial charge is 0.408 e. The molecule has 2 heterocycles. The molecule has 0 aliphatic carbocycles. The lowest BCUT2D eigenvalue weighted by Gasteiger charge is -2.33. The van der Waals surface area contributed by atoms with Crippen molar-refractivity contribution in [1.82, 2.24) is 14.9 Å². The number of H-pyrrole nitrogens is 1. The number of nitrogens with zero attached hydrogens (tertiary/aromatic N) is 1. The molecule has 0 radical (unpaired) electrons. The van der Waals surface area contributed by atoms with Gasteiger partial charge in [-0.2, -0.15) is 0 Å². The fourth-order valence-electron chi connectivity index (χ4n) is 3.10. The first-order valence-corrected chi connectivity index (χ1v) is 10.0. The average Bonchev–Trinajstić information content (AvgIpc) is 2.79. The standard InChI is InChI=1S/C20H30FN3O8/c1-10-8-24(16(27)23-13(10)25)15-19(6,21)20(7,29)12(31-15)9-30-14(26)11(2)22-17(28)32-18(3,4)5/h8,11-12,15,29H,9H2,1-7H3,(H,22,28)(H,23,25,27)/t11?,12-,15-,19+,20-/m1/s1. The highest BCUT2D eigenvalue weighted by Crippen LogP contribution is 2.47. The topological polar surface area (TPSA) is 149 Å². The van der Waals surface area contributed by atoms with Gasteiger partial charge in [0, 0.05) is 11.8 Å². The lowest BCUT2D eigenvalue weighted by atomic mass is 9.84. The summed E-state index contributed by atoms with van der Waals surface area (Å²) in [6.45, 7) is 9.41. The van der Waals surface area contributed by atoms with Crippen molar-refractivity contribution < 1.29 is 33.3 Å². The third kappa shape index (κ3) is 5.18. The quantitative estimate of drug-likeness (QED) is 0.544. The number of ether oxygens (including phenoxy) is 3. The zero-order chi connectivity index (χ0) is 24.6. The minimum absolute atomic E-state index is 0.139. The van der Waals surface area contributed by atoms with Crippen LogP contribution < -0.4 is 16.6 Å². The van der Waals surface area contributed by atoms with E-state index < -0.39 is 65.2 Å². The van der Waals surface area contributed by atoms with Crippen molar-refractivity contribution in [2.75, 3.05) is 6.61 Å². The first kappa shape index (κ1) is 25.5. The van der Waals surface area contributed by atoms with Crippen LogP contribution in [-0.2, 0) is 19.0 Å². The predicted octanol–water partition coefficient (Wildman–Crippen LogP) is 0.678. The molecule has 0 aromatic carbocycles. The molecule has 0 saturated carbocycles. The van der Waals surface area contributed by atoms with Crippen LogP contribution in [0.25, 0.3) is 0 Å². The summed E-state index contributed by atoms with van der Waals surface area (Å²) >= 11 is 0. The Balaban J connectivity index is 2.12. The van der Waals surface area contributed by atoms with E-state index in [0.717, 1.165) is 24.6 Å². The van der Waals surface area contributed by atoms with Gasteiger partial charge in [0.25, 0.3) is 5.56 Å². The van der Waals surface area contributed by atoms with Crippen molar-refractivity contribution >= 4 is 12.1 Å². The van der Waals surface area contributed by atoms with Crippen molar-refractivity contribution in [1.29, 1.82) is 0 Å². The number of alkyl halides is 1. The number of aromatic nitrogens is 2. The normalized spacial score (nSPS) is 28.8. The fraction of sp³-hybridized carbons (Fsp3) is 0.700. The Morgan fingerprint density at radius 1 is 1.38 bits per heavy atom. The van der Waals surface area contributed by atoms with Gasteiger partial charge in [0.2, 0.25) is 0 Å². The van der Waals surface area contributed by atoms with Gasteiger partial charge in [-0.3, -0.25) is 14.3 Å². The van der Waals surface area contributed by atoms with Gasteiger partial charge in [-0.1, -0.05) is 0 Å². The van der Waals surface area contributed by atoms with Crippen molar-refractivity contribution in [3.05, 3.63) is 32.6 Å². The summed E-state index contributed by atoms with van der Waals surface area (Å²) < 4.78 is 32.1. The number of aliphatic hydroxyl groups is 1. The molecule has 3 N–H and O–H groups in total. The number of nitrogens with one attached hydrogen (secondary N) is 2. The summed E-state index contributed by atoms with van der Waals surface area (Å²) in [5.74, 6) is -0.865.